The van der Waals surface area contributed by atoms with Crippen LogP contribution in [0.5, 0.6) is 23.0 Å². The van der Waals surface area contributed by atoms with Gasteiger partial charge < -0.3 is 71.6 Å². The first-order valence-corrected chi connectivity index (χ1v) is 40.6. The molecule has 0 spiro atoms. The SMILES string of the molecule is CCCCn1cc(-c2cc(OC)c(C=O)cc2OC)c2ccncc2c1=O.CCCCn1cc(-c2cc(OC)c(CN3CCC(OC4CCN(CCn5cccc(CN6CCC(=O)NC6=O)c5=O)CC4)CC3)cc2OC)c2ccncc2c1=O.O=C1CCN(Cc2cccn(CCN3CCC(OC4CCNCC4)CC3)c2=O)C(=O)N1. The van der Waals surface area contributed by atoms with Crippen molar-refractivity contribution in [2.24, 2.45) is 0 Å². The van der Waals surface area contributed by atoms with E-state index in [1.54, 1.807) is 101 Å². The number of aromatic nitrogens is 6. The Hall–Kier alpha value is -10.4. The summed E-state index contributed by atoms with van der Waals surface area (Å²) in [5.74, 6) is 1.96. The molecule has 3 N–H and O–H groups in total. The zero-order chi connectivity index (χ0) is 80.9. The standard InChI is InChI=1S/C43H55N7O7.C22H33N5O4.C21H22N2O4/c1-4-5-15-49-29-37(34-8-14-44-26-36(34)42(49)53)35-25-38(55-2)31(24-39(35)56-3)27-47-19-11-33(12-20-47)57-32-9-17-46(18-10-32)22-23-48-16-6-7-30(41(48)52)28-50-21-13-40(51)45-43(50)54;28-20-7-13-27(22(30)24-20)16-17-2-1-10-26(21(17)29)15-14-25-11-5-19(6-12-25)31-18-3-8-23-9-4-18;1-4-5-8-23-12-18(15-6-7-22-11-17(15)21(23)25)16-10-19(26-2)14(13-24)9-20(16)27-3/h6-8,14,16,24-26,29,32-33H,4-5,9-13,15,17-23,27-28H2,1-3H3,(H,45,51,54);1-2,10,18-19,23H,3-9,11-16H2,(H,24,28,30);6-7,9-13H,4-5,8H2,1-3H3. The van der Waals surface area contributed by atoms with Crippen molar-refractivity contribution in [3.63, 3.8) is 0 Å². The maximum absolute atomic E-state index is 13.3. The third kappa shape index (κ3) is 21.4. The number of aryl methyl sites for hydroxylation is 2. The van der Waals surface area contributed by atoms with E-state index in [1.165, 1.54) is 16.9 Å². The number of nitrogens with one attached hydrogen (secondary N) is 3. The molecule has 6 amide bonds. The van der Waals surface area contributed by atoms with Crippen LogP contribution >= 0.6 is 0 Å². The van der Waals surface area contributed by atoms with E-state index in [2.05, 4.69) is 60.5 Å². The van der Waals surface area contributed by atoms with Crippen LogP contribution in [0.25, 0.3) is 43.8 Å². The number of rotatable bonds is 29. The number of ether oxygens (including phenoxy) is 6. The highest BCUT2D eigenvalue weighted by molar-refractivity contribution is 6.00. The molecule has 0 aliphatic carbocycles. The van der Waals surface area contributed by atoms with Crippen molar-refractivity contribution in [2.75, 3.05) is 107 Å². The van der Waals surface area contributed by atoms with Gasteiger partial charge in [-0.15, -0.1) is 0 Å². The normalized spacial score (nSPS) is 17.2. The Labute approximate surface area is 669 Å². The zero-order valence-electron chi connectivity index (χ0n) is 67.2. The second kappa shape index (κ2) is 40.7. The monoisotopic (exact) mass is 1580 g/mol. The molecule has 6 saturated heterocycles. The van der Waals surface area contributed by atoms with Gasteiger partial charge >= 0.3 is 12.1 Å². The van der Waals surface area contributed by atoms with Gasteiger partial charge in [-0.1, -0.05) is 38.8 Å². The fourth-order valence-corrected chi connectivity index (χ4v) is 16.0. The highest BCUT2D eigenvalue weighted by Crippen LogP contribution is 2.41. The molecule has 2 aromatic carbocycles. The Kier molecular flexibility index (Phi) is 29.7. The third-order valence-electron chi connectivity index (χ3n) is 22.7. The summed E-state index contributed by atoms with van der Waals surface area (Å²) in [5, 5.41) is 10.7. The minimum atomic E-state index is -0.450. The van der Waals surface area contributed by atoms with Crippen LogP contribution in [0.3, 0.4) is 0 Å². The van der Waals surface area contributed by atoms with Gasteiger partial charge in [0.15, 0.2) is 6.29 Å². The number of nitrogens with zero attached hydrogens (tertiary/aromatic N) is 11. The Morgan fingerprint density at radius 2 is 0.852 bits per heavy atom. The Balaban J connectivity index is 0.000000176. The summed E-state index contributed by atoms with van der Waals surface area (Å²) in [5.41, 5.74) is 5.67. The lowest BCUT2D eigenvalue weighted by molar-refractivity contribution is -0.122. The van der Waals surface area contributed by atoms with Crippen LogP contribution in [0.2, 0.25) is 0 Å². The number of likely N-dealkylation sites (tertiary alicyclic amines) is 3. The van der Waals surface area contributed by atoms with Crippen LogP contribution in [-0.4, -0.2) is 214 Å². The van der Waals surface area contributed by atoms with Crippen LogP contribution in [0, 0.1) is 0 Å². The molecule has 6 fully saturated rings. The largest absolute Gasteiger partial charge is 0.496 e. The van der Waals surface area contributed by atoms with Gasteiger partial charge in [0.05, 0.1) is 82.3 Å². The number of imide groups is 2. The second-order valence-electron chi connectivity index (χ2n) is 30.3. The zero-order valence-corrected chi connectivity index (χ0v) is 67.2. The molecule has 0 bridgehead atoms. The van der Waals surface area contributed by atoms with E-state index in [9.17, 15) is 43.2 Å². The smallest absolute Gasteiger partial charge is 0.324 e. The number of urea groups is 2. The number of carbonyl (C=O) groups is 5. The molecule has 0 radical (unpaired) electrons. The number of unbranched alkanes of at least 4 members (excludes halogenated alkanes) is 2. The van der Waals surface area contributed by atoms with Crippen molar-refractivity contribution < 1.29 is 52.4 Å². The van der Waals surface area contributed by atoms with Crippen LogP contribution in [0.4, 0.5) is 9.59 Å². The molecular weight excluding hydrogens is 1470 g/mol. The van der Waals surface area contributed by atoms with Gasteiger partial charge in [0.2, 0.25) is 11.8 Å². The molecule has 0 atom stereocenters. The van der Waals surface area contributed by atoms with E-state index < -0.39 is 12.1 Å². The number of pyridine rings is 6. The van der Waals surface area contributed by atoms with Crippen molar-refractivity contribution in [3.8, 4) is 45.3 Å². The first-order chi connectivity index (χ1) is 56.0. The topological polar surface area (TPSA) is 307 Å². The molecule has 12 heterocycles. The Morgan fingerprint density at radius 1 is 0.426 bits per heavy atom. The number of carbonyl (C=O) groups excluding carboxylic acids is 5. The lowest BCUT2D eigenvalue weighted by Crippen LogP contribution is -2.49. The molecule has 0 saturated carbocycles. The predicted octanol–water partition coefficient (Wildman–Crippen LogP) is 8.85. The molecule has 6 aliphatic rings. The summed E-state index contributed by atoms with van der Waals surface area (Å²) < 4.78 is 42.7. The lowest BCUT2D eigenvalue weighted by Gasteiger charge is -2.37. The highest BCUT2D eigenvalue weighted by atomic mass is 16.5. The van der Waals surface area contributed by atoms with E-state index >= 15 is 0 Å². The fraction of sp³-hybridized carbons (Fsp3) is 0.500. The van der Waals surface area contributed by atoms with Crippen molar-refractivity contribution >= 4 is 51.7 Å². The average Bonchev–Trinajstić information content (AvgIpc) is 0.765. The van der Waals surface area contributed by atoms with Gasteiger partial charge in [-0.25, -0.2) is 9.59 Å². The molecule has 29 heteroatoms. The van der Waals surface area contributed by atoms with Crippen LogP contribution in [0.15, 0.2) is 129 Å². The molecule has 6 aliphatic heterocycles. The highest BCUT2D eigenvalue weighted by Gasteiger charge is 2.31. The predicted molar refractivity (Wildman–Crippen MR) is 438 cm³/mol. The van der Waals surface area contributed by atoms with Crippen molar-refractivity contribution in [1.82, 2.24) is 68.7 Å². The number of amides is 6. The maximum atomic E-state index is 13.3. The molecular formula is C86H110N14O15. The number of benzene rings is 2. The van der Waals surface area contributed by atoms with Gasteiger partial charge in [0.25, 0.3) is 22.2 Å². The van der Waals surface area contributed by atoms with E-state index in [4.69, 9.17) is 28.4 Å². The minimum absolute atomic E-state index is 0.0338. The summed E-state index contributed by atoms with van der Waals surface area (Å²) >= 11 is 0. The third-order valence-corrected chi connectivity index (χ3v) is 22.7. The second-order valence-corrected chi connectivity index (χ2v) is 30.3. The Morgan fingerprint density at radius 3 is 1.28 bits per heavy atom. The number of hydrogen-bond donors (Lipinski definition) is 3. The quantitative estimate of drug-likeness (QED) is 0.0369. The van der Waals surface area contributed by atoms with Gasteiger partial charge in [-0.3, -0.25) is 59.1 Å². The lowest BCUT2D eigenvalue weighted by atomic mass is 9.98. The van der Waals surface area contributed by atoms with Gasteiger partial charge in [0, 0.05) is 200 Å². The van der Waals surface area contributed by atoms with Crippen LogP contribution in [0.1, 0.15) is 131 Å². The molecule has 29 nitrogen and oxygen atoms in total. The van der Waals surface area contributed by atoms with E-state index in [-0.39, 0.29) is 72.2 Å². The first kappa shape index (κ1) is 84.0. The molecule has 0 unspecified atom stereocenters. The number of piperidine rings is 4. The molecule has 614 valence electrons. The summed E-state index contributed by atoms with van der Waals surface area (Å²) in [6.07, 6.45) is 28.4. The van der Waals surface area contributed by atoms with E-state index in [0.29, 0.717) is 90.4 Å². The number of fused-ring (bicyclic) bond motifs is 2. The molecule has 6 aromatic heterocycles. The summed E-state index contributed by atoms with van der Waals surface area (Å²) in [7, 11) is 6.46. The summed E-state index contributed by atoms with van der Waals surface area (Å²) in [4.78, 5) is 129. The van der Waals surface area contributed by atoms with Crippen molar-refractivity contribution in [3.05, 3.63) is 174 Å². The Bertz CT molecular complexity index is 4950. The molecule has 14 rings (SSSR count). The van der Waals surface area contributed by atoms with Gasteiger partial charge in [-0.2, -0.15) is 0 Å². The minimum Gasteiger partial charge on any atom is -0.496 e. The van der Waals surface area contributed by atoms with E-state index in [1.807, 2.05) is 42.7 Å². The average molecular weight is 1580 g/mol. The number of methoxy groups -OCH3 is 4. The fourth-order valence-electron chi connectivity index (χ4n) is 16.0. The number of hydrogen-bond acceptors (Lipinski definition) is 21. The maximum Gasteiger partial charge on any atom is 0.324 e. The van der Waals surface area contributed by atoms with Crippen molar-refractivity contribution in [2.45, 2.75) is 174 Å². The van der Waals surface area contributed by atoms with E-state index in [0.717, 1.165) is 205 Å². The first-order valence-electron chi connectivity index (χ1n) is 40.6. The molecule has 8 aromatic rings. The van der Waals surface area contributed by atoms with Crippen LogP contribution in [-0.2, 0) is 64.9 Å². The van der Waals surface area contributed by atoms with Crippen LogP contribution < -0.4 is 57.1 Å². The van der Waals surface area contributed by atoms with Gasteiger partial charge in [0.1, 0.15) is 23.0 Å². The van der Waals surface area contributed by atoms with Crippen molar-refractivity contribution in [1.29, 1.82) is 0 Å². The van der Waals surface area contributed by atoms with Gasteiger partial charge in [-0.05, 0) is 137 Å². The number of aldehydes is 1. The summed E-state index contributed by atoms with van der Waals surface area (Å²) in [6.45, 7) is 17.8. The summed E-state index contributed by atoms with van der Waals surface area (Å²) in [6, 6.07) is 17.6. The molecule has 115 heavy (non-hydrogen) atoms.